The predicted molar refractivity (Wildman–Crippen MR) is 47.5 cm³/mol. The molecule has 0 radical (unpaired) electrons. The van der Waals surface area contributed by atoms with Crippen molar-refractivity contribution in [2.45, 2.75) is 33.6 Å². The zero-order valence-corrected chi connectivity index (χ0v) is 7.97. The Hall–Kier alpha value is -0.0400. The molecule has 1 aliphatic carbocycles. The van der Waals surface area contributed by atoms with E-state index in [0.717, 1.165) is 31.0 Å². The van der Waals surface area contributed by atoms with E-state index in [1.807, 2.05) is 0 Å². The molecular weight excluding hydrogens is 136 g/mol. The second kappa shape index (κ2) is 4.10. The second-order valence-corrected chi connectivity index (χ2v) is 3.90. The van der Waals surface area contributed by atoms with E-state index in [1.165, 1.54) is 12.8 Å². The summed E-state index contributed by atoms with van der Waals surface area (Å²) in [6.45, 7) is 8.54. The average Bonchev–Trinajstić information content (AvgIpc) is 2.71. The topological polar surface area (TPSA) is 9.23 Å². The molecule has 0 bridgehead atoms. The lowest BCUT2D eigenvalue weighted by Gasteiger charge is -2.19. The minimum absolute atomic E-state index is 0.800. The zero-order valence-electron chi connectivity index (χ0n) is 7.97. The Bertz CT molecular complexity index is 103. The summed E-state index contributed by atoms with van der Waals surface area (Å²) in [5.74, 6) is 2.62. The van der Waals surface area contributed by atoms with Crippen molar-refractivity contribution < 1.29 is 4.74 Å². The summed E-state index contributed by atoms with van der Waals surface area (Å²) in [6.07, 6.45) is 2.88. The van der Waals surface area contributed by atoms with E-state index in [2.05, 4.69) is 20.8 Å². The molecule has 0 aliphatic heterocycles. The van der Waals surface area contributed by atoms with Crippen LogP contribution < -0.4 is 0 Å². The van der Waals surface area contributed by atoms with Crippen molar-refractivity contribution in [1.29, 1.82) is 0 Å². The van der Waals surface area contributed by atoms with Gasteiger partial charge in [0.25, 0.3) is 0 Å². The van der Waals surface area contributed by atoms with Gasteiger partial charge < -0.3 is 4.74 Å². The monoisotopic (exact) mass is 156 g/mol. The Balaban J connectivity index is 2.21. The molecule has 0 aromatic heterocycles. The van der Waals surface area contributed by atoms with Crippen LogP contribution in [-0.4, -0.2) is 13.2 Å². The number of rotatable bonds is 5. The molecule has 1 unspecified atom stereocenters. The molecule has 66 valence electrons. The first-order valence-corrected chi connectivity index (χ1v) is 4.83. The van der Waals surface area contributed by atoms with Crippen molar-refractivity contribution >= 4 is 0 Å². The molecule has 1 nitrogen and oxygen atoms in total. The highest BCUT2D eigenvalue weighted by Gasteiger charge is 2.32. The van der Waals surface area contributed by atoms with Crippen LogP contribution in [0.5, 0.6) is 0 Å². The highest BCUT2D eigenvalue weighted by Crippen LogP contribution is 2.40. The van der Waals surface area contributed by atoms with Crippen molar-refractivity contribution in [2.75, 3.05) is 13.2 Å². The van der Waals surface area contributed by atoms with Crippen LogP contribution in [0.3, 0.4) is 0 Å². The van der Waals surface area contributed by atoms with E-state index < -0.39 is 0 Å². The van der Waals surface area contributed by atoms with Gasteiger partial charge in [-0.05, 0) is 37.5 Å². The van der Waals surface area contributed by atoms with Crippen molar-refractivity contribution in [3.05, 3.63) is 0 Å². The minimum atomic E-state index is 0.800. The summed E-state index contributed by atoms with van der Waals surface area (Å²) in [5.41, 5.74) is 0. The van der Waals surface area contributed by atoms with Gasteiger partial charge in [0.2, 0.25) is 0 Å². The van der Waals surface area contributed by atoms with Crippen LogP contribution >= 0.6 is 0 Å². The summed E-state index contributed by atoms with van der Waals surface area (Å²) < 4.78 is 5.46. The zero-order chi connectivity index (χ0) is 8.27. The lowest BCUT2D eigenvalue weighted by Crippen LogP contribution is -2.17. The van der Waals surface area contributed by atoms with Crippen LogP contribution in [0.25, 0.3) is 0 Å². The molecule has 0 heterocycles. The van der Waals surface area contributed by atoms with Crippen LogP contribution in [0.1, 0.15) is 33.6 Å². The smallest absolute Gasteiger partial charge is 0.0499 e. The van der Waals surface area contributed by atoms with Gasteiger partial charge >= 0.3 is 0 Å². The van der Waals surface area contributed by atoms with Crippen LogP contribution in [-0.2, 0) is 4.74 Å². The minimum Gasteiger partial charge on any atom is -0.381 e. The first-order valence-electron chi connectivity index (χ1n) is 4.83. The first kappa shape index (κ1) is 9.05. The fraction of sp³-hybridized carbons (Fsp3) is 1.00. The molecule has 0 aromatic carbocycles. The van der Waals surface area contributed by atoms with Gasteiger partial charge in [-0.3, -0.25) is 0 Å². The molecule has 1 saturated carbocycles. The van der Waals surface area contributed by atoms with E-state index in [4.69, 9.17) is 4.74 Å². The Kier molecular flexibility index (Phi) is 3.38. The maximum atomic E-state index is 5.46. The third-order valence-electron chi connectivity index (χ3n) is 2.60. The van der Waals surface area contributed by atoms with Gasteiger partial charge in [-0.2, -0.15) is 0 Å². The molecule has 0 aromatic rings. The van der Waals surface area contributed by atoms with Crippen molar-refractivity contribution in [2.24, 2.45) is 17.8 Å². The molecule has 0 amide bonds. The van der Waals surface area contributed by atoms with Gasteiger partial charge in [0, 0.05) is 13.2 Å². The SMILES string of the molecule is CCOCC(C(C)C)C1CC1. The van der Waals surface area contributed by atoms with Gasteiger partial charge in [0.1, 0.15) is 0 Å². The maximum absolute atomic E-state index is 5.46. The van der Waals surface area contributed by atoms with Crippen molar-refractivity contribution in [3.63, 3.8) is 0 Å². The standard InChI is InChI=1S/C10H20O/c1-4-11-7-10(8(2)3)9-5-6-9/h8-10H,4-7H2,1-3H3. The van der Waals surface area contributed by atoms with E-state index in [9.17, 15) is 0 Å². The van der Waals surface area contributed by atoms with E-state index in [0.29, 0.717) is 0 Å². The summed E-state index contributed by atoms with van der Waals surface area (Å²) in [6, 6.07) is 0. The van der Waals surface area contributed by atoms with Crippen LogP contribution in [0.15, 0.2) is 0 Å². The van der Waals surface area contributed by atoms with Crippen LogP contribution in [0, 0.1) is 17.8 Å². The summed E-state index contributed by atoms with van der Waals surface area (Å²) in [4.78, 5) is 0. The van der Waals surface area contributed by atoms with E-state index in [1.54, 1.807) is 0 Å². The molecule has 0 saturated heterocycles. The lowest BCUT2D eigenvalue weighted by atomic mass is 9.92. The second-order valence-electron chi connectivity index (χ2n) is 3.90. The summed E-state index contributed by atoms with van der Waals surface area (Å²) >= 11 is 0. The van der Waals surface area contributed by atoms with Crippen LogP contribution in [0.2, 0.25) is 0 Å². The normalized spacial score (nSPS) is 20.7. The first-order chi connectivity index (χ1) is 5.25. The summed E-state index contributed by atoms with van der Waals surface area (Å²) in [5, 5.41) is 0. The maximum Gasteiger partial charge on any atom is 0.0499 e. The molecule has 0 spiro atoms. The Morgan fingerprint density at radius 1 is 1.36 bits per heavy atom. The fourth-order valence-electron chi connectivity index (χ4n) is 1.65. The van der Waals surface area contributed by atoms with Gasteiger partial charge in [0.05, 0.1) is 0 Å². The third kappa shape index (κ3) is 2.82. The van der Waals surface area contributed by atoms with Crippen molar-refractivity contribution in [3.8, 4) is 0 Å². The van der Waals surface area contributed by atoms with E-state index in [-0.39, 0.29) is 0 Å². The highest BCUT2D eigenvalue weighted by molar-refractivity contribution is 4.82. The fourth-order valence-corrected chi connectivity index (χ4v) is 1.65. The lowest BCUT2D eigenvalue weighted by molar-refractivity contribution is 0.0829. The van der Waals surface area contributed by atoms with Gasteiger partial charge in [-0.25, -0.2) is 0 Å². The number of hydrogen-bond acceptors (Lipinski definition) is 1. The number of hydrogen-bond donors (Lipinski definition) is 0. The Morgan fingerprint density at radius 2 is 2.00 bits per heavy atom. The Morgan fingerprint density at radius 3 is 2.36 bits per heavy atom. The molecular formula is C10H20O. The number of ether oxygens (including phenoxy) is 1. The van der Waals surface area contributed by atoms with Crippen LogP contribution in [0.4, 0.5) is 0 Å². The summed E-state index contributed by atoms with van der Waals surface area (Å²) in [7, 11) is 0. The average molecular weight is 156 g/mol. The molecule has 1 atom stereocenters. The molecule has 1 heteroatoms. The van der Waals surface area contributed by atoms with Gasteiger partial charge in [0.15, 0.2) is 0 Å². The predicted octanol–water partition coefficient (Wildman–Crippen LogP) is 2.71. The van der Waals surface area contributed by atoms with Crippen molar-refractivity contribution in [1.82, 2.24) is 0 Å². The third-order valence-corrected chi connectivity index (χ3v) is 2.60. The molecule has 11 heavy (non-hydrogen) atoms. The highest BCUT2D eigenvalue weighted by atomic mass is 16.5. The van der Waals surface area contributed by atoms with Gasteiger partial charge in [-0.1, -0.05) is 13.8 Å². The molecule has 1 aliphatic rings. The molecule has 1 fully saturated rings. The Labute approximate surface area is 70.1 Å². The molecule has 0 N–H and O–H groups in total. The molecule has 1 rings (SSSR count). The quantitative estimate of drug-likeness (QED) is 0.594. The van der Waals surface area contributed by atoms with Gasteiger partial charge in [-0.15, -0.1) is 0 Å². The van der Waals surface area contributed by atoms with E-state index >= 15 is 0 Å². The largest absolute Gasteiger partial charge is 0.381 e.